The van der Waals surface area contributed by atoms with Crippen LogP contribution in [0.5, 0.6) is 0 Å². The van der Waals surface area contributed by atoms with Crippen molar-refractivity contribution in [3.63, 3.8) is 0 Å². The molecule has 13 nitrogen and oxygen atoms in total. The van der Waals surface area contributed by atoms with Crippen LogP contribution in [0.1, 0.15) is 62.7 Å². The third-order valence-corrected chi connectivity index (χ3v) is 7.50. The van der Waals surface area contributed by atoms with Gasteiger partial charge in [0.25, 0.3) is 5.91 Å². The molecule has 44 heavy (non-hydrogen) atoms. The summed E-state index contributed by atoms with van der Waals surface area (Å²) in [5, 5.41) is 20.6. The first-order chi connectivity index (χ1) is 21.0. The van der Waals surface area contributed by atoms with Gasteiger partial charge in [0, 0.05) is 48.9 Å². The van der Waals surface area contributed by atoms with Gasteiger partial charge in [-0.25, -0.2) is 9.78 Å². The molecule has 232 valence electrons. The second-order valence-corrected chi connectivity index (χ2v) is 12.0. The van der Waals surface area contributed by atoms with Gasteiger partial charge >= 0.3 is 6.16 Å². The SMILES string of the molecule is CCOC(=O)OC(n1nnc(-c2c(-c3ccc(C(=O)N[C@@H]4CCCN(c5ncccc5C)C4)cc3)cnn2C)n1)C(C)(C)C. The molecule has 1 fully saturated rings. The number of aryl methyl sites for hydroxylation is 2. The molecule has 1 N–H and O–H groups in total. The highest BCUT2D eigenvalue weighted by atomic mass is 16.7. The number of piperidine rings is 1. The first kappa shape index (κ1) is 30.6. The first-order valence-electron chi connectivity index (χ1n) is 14.8. The maximum absolute atomic E-state index is 13.2. The molecule has 1 saturated heterocycles. The van der Waals surface area contributed by atoms with Gasteiger partial charge in [0.15, 0.2) is 0 Å². The lowest BCUT2D eigenvalue weighted by molar-refractivity contribution is -0.0681. The monoisotopic (exact) mass is 601 g/mol. The van der Waals surface area contributed by atoms with Crippen LogP contribution < -0.4 is 10.2 Å². The fourth-order valence-electron chi connectivity index (χ4n) is 5.31. The molecule has 2 atom stereocenters. The van der Waals surface area contributed by atoms with Gasteiger partial charge in [-0.2, -0.15) is 5.10 Å². The molecule has 1 amide bonds. The van der Waals surface area contributed by atoms with Crippen molar-refractivity contribution in [3.05, 3.63) is 59.9 Å². The highest BCUT2D eigenvalue weighted by Crippen LogP contribution is 2.33. The maximum Gasteiger partial charge on any atom is 0.510 e. The molecule has 0 saturated carbocycles. The summed E-state index contributed by atoms with van der Waals surface area (Å²) in [5.74, 6) is 1.17. The van der Waals surface area contributed by atoms with Crippen LogP contribution in [0, 0.1) is 12.3 Å². The van der Waals surface area contributed by atoms with Crippen LogP contribution in [0.15, 0.2) is 48.8 Å². The van der Waals surface area contributed by atoms with Crippen LogP contribution in [0.25, 0.3) is 22.6 Å². The third-order valence-electron chi connectivity index (χ3n) is 7.50. The van der Waals surface area contributed by atoms with Gasteiger partial charge in [0.1, 0.15) is 11.5 Å². The molecule has 4 heterocycles. The van der Waals surface area contributed by atoms with Crippen molar-refractivity contribution < 1.29 is 19.1 Å². The number of rotatable bonds is 8. The van der Waals surface area contributed by atoms with Gasteiger partial charge in [-0.3, -0.25) is 9.48 Å². The van der Waals surface area contributed by atoms with Gasteiger partial charge in [-0.1, -0.05) is 39.0 Å². The molecule has 0 spiro atoms. The number of hydrogen-bond acceptors (Lipinski definition) is 10. The van der Waals surface area contributed by atoms with E-state index in [2.05, 4.69) is 48.7 Å². The average molecular weight is 602 g/mol. The molecule has 1 aliphatic rings. The van der Waals surface area contributed by atoms with Crippen LogP contribution in [-0.2, 0) is 16.5 Å². The number of pyridine rings is 1. The molecule has 1 aliphatic heterocycles. The normalized spacial score (nSPS) is 16.0. The van der Waals surface area contributed by atoms with E-state index >= 15 is 0 Å². The molecule has 4 aromatic rings. The highest BCUT2D eigenvalue weighted by Gasteiger charge is 2.34. The van der Waals surface area contributed by atoms with E-state index in [4.69, 9.17) is 9.47 Å². The largest absolute Gasteiger partial charge is 0.510 e. The molecule has 1 unspecified atom stereocenters. The Morgan fingerprint density at radius 3 is 2.64 bits per heavy atom. The minimum absolute atomic E-state index is 0.0284. The van der Waals surface area contributed by atoms with Crippen molar-refractivity contribution >= 4 is 17.9 Å². The molecule has 0 bridgehead atoms. The standard InChI is InChI=1S/C31H39N9O4/c1-7-43-30(42)44-29(31(3,4)5)40-36-26(35-37-40)25-24(18-33-38(25)6)21-12-14-22(15-13-21)28(41)34-23-11-9-17-39(19-23)27-20(2)10-8-16-32-27/h8,10,12-16,18,23,29H,7,9,11,17,19H2,1-6H3,(H,34,41)/t23-,29?/m1/s1. The molecule has 0 aliphatic carbocycles. The van der Waals surface area contributed by atoms with Crippen LogP contribution in [0.3, 0.4) is 0 Å². The minimum Gasteiger partial charge on any atom is -0.435 e. The molecular formula is C31H39N9O4. The van der Waals surface area contributed by atoms with Crippen molar-refractivity contribution in [1.29, 1.82) is 0 Å². The second-order valence-electron chi connectivity index (χ2n) is 12.0. The van der Waals surface area contributed by atoms with Crippen LogP contribution in [0.2, 0.25) is 0 Å². The number of tetrazole rings is 1. The van der Waals surface area contributed by atoms with Gasteiger partial charge < -0.3 is 19.7 Å². The number of carbonyl (C=O) groups excluding carboxylic acids is 2. The van der Waals surface area contributed by atoms with Gasteiger partial charge in [-0.15, -0.1) is 15.0 Å². The Kier molecular flexibility index (Phi) is 8.93. The van der Waals surface area contributed by atoms with Crippen molar-refractivity contribution in [3.8, 4) is 22.6 Å². The number of hydrogen-bond donors (Lipinski definition) is 1. The number of aromatic nitrogens is 7. The van der Waals surface area contributed by atoms with Crippen molar-refractivity contribution in [2.24, 2.45) is 12.5 Å². The van der Waals surface area contributed by atoms with Crippen molar-refractivity contribution in [1.82, 2.24) is 40.3 Å². The van der Waals surface area contributed by atoms with E-state index < -0.39 is 17.8 Å². The number of carbonyl (C=O) groups is 2. The Bertz CT molecular complexity index is 1610. The van der Waals surface area contributed by atoms with E-state index in [-0.39, 0.29) is 18.6 Å². The third kappa shape index (κ3) is 6.71. The van der Waals surface area contributed by atoms with Crippen LogP contribution >= 0.6 is 0 Å². The van der Waals surface area contributed by atoms with Crippen LogP contribution in [-0.4, -0.2) is 72.8 Å². The molecule has 5 rings (SSSR count). The van der Waals surface area contributed by atoms with E-state index in [1.807, 2.05) is 39.0 Å². The summed E-state index contributed by atoms with van der Waals surface area (Å²) in [6, 6.07) is 11.4. The summed E-state index contributed by atoms with van der Waals surface area (Å²) in [6.07, 6.45) is 3.77. The Hall–Kier alpha value is -4.81. The second kappa shape index (κ2) is 12.8. The summed E-state index contributed by atoms with van der Waals surface area (Å²) in [7, 11) is 1.79. The Morgan fingerprint density at radius 2 is 1.93 bits per heavy atom. The Balaban J connectivity index is 1.31. The van der Waals surface area contributed by atoms with Gasteiger partial charge in [-0.05, 0) is 61.2 Å². The number of benzene rings is 1. The number of amides is 1. The zero-order valence-corrected chi connectivity index (χ0v) is 26.0. The lowest BCUT2D eigenvalue weighted by Gasteiger charge is -2.34. The number of anilines is 1. The zero-order chi connectivity index (χ0) is 31.4. The summed E-state index contributed by atoms with van der Waals surface area (Å²) >= 11 is 0. The minimum atomic E-state index is -0.846. The molecule has 3 aromatic heterocycles. The van der Waals surface area contributed by atoms with E-state index in [1.54, 1.807) is 43.2 Å². The van der Waals surface area contributed by atoms with Gasteiger partial charge in [0.2, 0.25) is 12.1 Å². The average Bonchev–Trinajstić information content (AvgIpc) is 3.62. The summed E-state index contributed by atoms with van der Waals surface area (Å²) in [5.41, 5.74) is 3.39. The molecule has 1 aromatic carbocycles. The van der Waals surface area contributed by atoms with Gasteiger partial charge in [0.05, 0.1) is 12.8 Å². The Labute approximate surface area is 256 Å². The predicted octanol–water partition coefficient (Wildman–Crippen LogP) is 4.56. The van der Waals surface area contributed by atoms with Crippen LogP contribution in [0.4, 0.5) is 10.6 Å². The maximum atomic E-state index is 13.2. The molecular weight excluding hydrogens is 562 g/mol. The summed E-state index contributed by atoms with van der Waals surface area (Å²) < 4.78 is 12.1. The Morgan fingerprint density at radius 1 is 1.16 bits per heavy atom. The molecule has 13 heteroatoms. The van der Waals surface area contributed by atoms with E-state index in [0.717, 1.165) is 48.4 Å². The fraction of sp³-hybridized carbons (Fsp3) is 0.452. The van der Waals surface area contributed by atoms with E-state index in [9.17, 15) is 9.59 Å². The quantitative estimate of drug-likeness (QED) is 0.286. The zero-order valence-electron chi connectivity index (χ0n) is 26.0. The van der Waals surface area contributed by atoms with Crippen molar-refractivity contribution in [2.45, 2.75) is 59.7 Å². The number of ether oxygens (including phenoxy) is 2. The lowest BCUT2D eigenvalue weighted by atomic mass is 9.94. The smallest absolute Gasteiger partial charge is 0.435 e. The number of nitrogens with one attached hydrogen (secondary N) is 1. The van der Waals surface area contributed by atoms with Crippen molar-refractivity contribution in [2.75, 3.05) is 24.6 Å². The van der Waals surface area contributed by atoms with E-state index in [0.29, 0.717) is 17.1 Å². The lowest BCUT2D eigenvalue weighted by Crippen LogP contribution is -2.48. The highest BCUT2D eigenvalue weighted by molar-refractivity contribution is 5.95. The fourth-order valence-corrected chi connectivity index (χ4v) is 5.31. The first-order valence-corrected chi connectivity index (χ1v) is 14.8. The molecule has 0 radical (unpaired) electrons. The topological polar surface area (TPSA) is 142 Å². The summed E-state index contributed by atoms with van der Waals surface area (Å²) in [4.78, 5) is 33.4. The summed E-state index contributed by atoms with van der Waals surface area (Å²) in [6.45, 7) is 11.3. The predicted molar refractivity (Wildman–Crippen MR) is 164 cm³/mol. The number of nitrogens with zero attached hydrogens (tertiary/aromatic N) is 8. The van der Waals surface area contributed by atoms with E-state index in [1.165, 1.54) is 4.80 Å².